The van der Waals surface area contributed by atoms with Gasteiger partial charge >= 0.3 is 0 Å². The molecule has 1 amide bonds. The Kier molecular flexibility index (Phi) is 8.66. The first-order chi connectivity index (χ1) is 11.0. The van der Waals surface area contributed by atoms with Crippen LogP contribution in [0, 0.1) is 0 Å². The minimum Gasteiger partial charge on any atom is -0.394 e. The summed E-state index contributed by atoms with van der Waals surface area (Å²) in [6.07, 6.45) is -0.874. The molecular weight excluding hydrogens is 332 g/mol. The van der Waals surface area contributed by atoms with Crippen LogP contribution in [0.2, 0.25) is 0 Å². The third kappa shape index (κ3) is 5.43. The Hall–Kier alpha value is -1.18. The van der Waals surface area contributed by atoms with Gasteiger partial charge in [-0.15, -0.1) is 12.4 Å². The minimum absolute atomic E-state index is 0. The lowest BCUT2D eigenvalue weighted by Crippen LogP contribution is -2.50. The Bertz CT molecular complexity index is 503. The van der Waals surface area contributed by atoms with Gasteiger partial charge in [-0.2, -0.15) is 0 Å². The van der Waals surface area contributed by atoms with Crippen molar-refractivity contribution in [3.8, 4) is 0 Å². The van der Waals surface area contributed by atoms with E-state index in [2.05, 4.69) is 17.4 Å². The molecule has 0 aromatic heterocycles. The highest BCUT2D eigenvalue weighted by atomic mass is 35.5. The predicted molar refractivity (Wildman–Crippen MR) is 94.2 cm³/mol. The fourth-order valence-corrected chi connectivity index (χ4v) is 3.03. The Morgan fingerprint density at radius 2 is 1.96 bits per heavy atom. The van der Waals surface area contributed by atoms with Gasteiger partial charge in [-0.05, 0) is 19.0 Å². The smallest absolute Gasteiger partial charge is 0.216 e. The molecule has 3 N–H and O–H groups in total. The number of hydrogen-bond acceptors (Lipinski definition) is 5. The standard InChI is InChI=1S/C17H26N2O4.ClH/c1-12(21)18-10-14-16(17(22)15(11-20)23-14)19(2)9-8-13-6-4-3-5-7-13;/h3-7,14-17,20,22H,8-11H2,1-2H3,(H,18,21);1H/t14-,15+,16+,17-;/m1./s1. The zero-order valence-electron chi connectivity index (χ0n) is 14.1. The van der Waals surface area contributed by atoms with Crippen LogP contribution >= 0.6 is 12.4 Å². The number of halogens is 1. The molecule has 0 saturated carbocycles. The Morgan fingerprint density at radius 1 is 1.29 bits per heavy atom. The van der Waals surface area contributed by atoms with Crippen molar-refractivity contribution >= 4 is 18.3 Å². The van der Waals surface area contributed by atoms with Gasteiger partial charge in [-0.3, -0.25) is 9.69 Å². The topological polar surface area (TPSA) is 82.0 Å². The lowest BCUT2D eigenvalue weighted by atomic mass is 10.0. The van der Waals surface area contributed by atoms with Crippen molar-refractivity contribution < 1.29 is 19.7 Å². The number of aliphatic hydroxyl groups excluding tert-OH is 2. The maximum Gasteiger partial charge on any atom is 0.216 e. The number of ether oxygens (including phenoxy) is 1. The third-order valence-electron chi connectivity index (χ3n) is 4.30. The molecule has 1 saturated heterocycles. The van der Waals surface area contributed by atoms with Crippen molar-refractivity contribution in [3.05, 3.63) is 35.9 Å². The van der Waals surface area contributed by atoms with Crippen molar-refractivity contribution in [2.24, 2.45) is 0 Å². The van der Waals surface area contributed by atoms with E-state index in [-0.39, 0.29) is 37.1 Å². The predicted octanol–water partition coefficient (Wildman–Crippen LogP) is 0.208. The molecule has 0 bridgehead atoms. The van der Waals surface area contributed by atoms with Crippen molar-refractivity contribution in [1.82, 2.24) is 10.2 Å². The molecule has 1 fully saturated rings. The molecule has 0 radical (unpaired) electrons. The average Bonchev–Trinajstić information content (AvgIpc) is 2.87. The zero-order valence-corrected chi connectivity index (χ0v) is 14.9. The molecule has 1 heterocycles. The van der Waals surface area contributed by atoms with E-state index >= 15 is 0 Å². The molecule has 2 rings (SSSR count). The maximum atomic E-state index is 11.1. The van der Waals surface area contributed by atoms with E-state index in [0.29, 0.717) is 6.54 Å². The number of rotatable bonds is 7. The second kappa shape index (κ2) is 9.96. The Balaban J connectivity index is 0.00000288. The van der Waals surface area contributed by atoms with E-state index in [0.717, 1.165) is 13.0 Å². The van der Waals surface area contributed by atoms with Gasteiger partial charge < -0.3 is 20.3 Å². The summed E-state index contributed by atoms with van der Waals surface area (Å²) < 4.78 is 5.70. The summed E-state index contributed by atoms with van der Waals surface area (Å²) in [5.74, 6) is -0.138. The third-order valence-corrected chi connectivity index (χ3v) is 4.30. The molecular formula is C17H27ClN2O4. The molecule has 6 nitrogen and oxygen atoms in total. The van der Waals surface area contributed by atoms with Crippen LogP contribution in [-0.4, -0.2) is 72.1 Å². The summed E-state index contributed by atoms with van der Waals surface area (Å²) in [7, 11) is 1.93. The number of amides is 1. The first-order valence-electron chi connectivity index (χ1n) is 7.96. The summed E-state index contributed by atoms with van der Waals surface area (Å²) in [6.45, 7) is 2.29. The number of likely N-dealkylation sites (N-methyl/N-ethyl adjacent to an activating group) is 1. The van der Waals surface area contributed by atoms with Gasteiger partial charge in [0, 0.05) is 20.0 Å². The number of carbonyl (C=O) groups is 1. The largest absolute Gasteiger partial charge is 0.394 e. The lowest BCUT2D eigenvalue weighted by molar-refractivity contribution is -0.119. The van der Waals surface area contributed by atoms with Crippen molar-refractivity contribution in [2.75, 3.05) is 26.7 Å². The van der Waals surface area contributed by atoms with Crippen LogP contribution in [-0.2, 0) is 16.0 Å². The van der Waals surface area contributed by atoms with E-state index in [4.69, 9.17) is 4.74 Å². The highest BCUT2D eigenvalue weighted by molar-refractivity contribution is 5.85. The fourth-order valence-electron chi connectivity index (χ4n) is 3.03. The van der Waals surface area contributed by atoms with Crippen LogP contribution in [0.1, 0.15) is 12.5 Å². The highest BCUT2D eigenvalue weighted by Crippen LogP contribution is 2.25. The normalized spacial score (nSPS) is 26.2. The number of carbonyl (C=O) groups excluding carboxylic acids is 1. The molecule has 24 heavy (non-hydrogen) atoms. The molecule has 1 aliphatic heterocycles. The molecule has 136 valence electrons. The van der Waals surface area contributed by atoms with E-state index in [9.17, 15) is 15.0 Å². The van der Waals surface area contributed by atoms with Crippen molar-refractivity contribution in [3.63, 3.8) is 0 Å². The van der Waals surface area contributed by atoms with Gasteiger partial charge in [0.15, 0.2) is 0 Å². The van der Waals surface area contributed by atoms with Crippen LogP contribution in [0.25, 0.3) is 0 Å². The molecule has 1 aromatic carbocycles. The van der Waals surface area contributed by atoms with Crippen molar-refractivity contribution in [2.45, 2.75) is 37.7 Å². The van der Waals surface area contributed by atoms with E-state index in [1.54, 1.807) is 0 Å². The fraction of sp³-hybridized carbons (Fsp3) is 0.588. The van der Waals surface area contributed by atoms with Crippen LogP contribution in [0.15, 0.2) is 30.3 Å². The van der Waals surface area contributed by atoms with E-state index in [1.807, 2.05) is 30.1 Å². The van der Waals surface area contributed by atoms with E-state index < -0.39 is 12.2 Å². The minimum atomic E-state index is -0.778. The summed E-state index contributed by atoms with van der Waals surface area (Å²) >= 11 is 0. The molecule has 0 aliphatic carbocycles. The molecule has 1 aromatic rings. The number of nitrogens with zero attached hydrogens (tertiary/aromatic N) is 1. The maximum absolute atomic E-state index is 11.1. The quantitative estimate of drug-likeness (QED) is 0.649. The van der Waals surface area contributed by atoms with Crippen molar-refractivity contribution in [1.29, 1.82) is 0 Å². The summed E-state index contributed by atoms with van der Waals surface area (Å²) in [5.41, 5.74) is 1.23. The van der Waals surface area contributed by atoms with Gasteiger partial charge in [-0.25, -0.2) is 0 Å². The SMILES string of the molecule is CC(=O)NC[C@H]1O[C@@H](CO)[C@@H](O)[C@H]1N(C)CCc1ccccc1.Cl. The highest BCUT2D eigenvalue weighted by Gasteiger charge is 2.45. The van der Waals surface area contributed by atoms with Gasteiger partial charge in [0.1, 0.15) is 12.2 Å². The molecule has 0 unspecified atom stereocenters. The lowest BCUT2D eigenvalue weighted by Gasteiger charge is -2.30. The Labute approximate surface area is 149 Å². The van der Waals surface area contributed by atoms with Gasteiger partial charge in [-0.1, -0.05) is 30.3 Å². The Morgan fingerprint density at radius 3 is 2.54 bits per heavy atom. The van der Waals surface area contributed by atoms with Crippen LogP contribution in [0.4, 0.5) is 0 Å². The number of benzene rings is 1. The first kappa shape index (κ1) is 20.9. The van der Waals surface area contributed by atoms with Gasteiger partial charge in [0.05, 0.1) is 18.8 Å². The van der Waals surface area contributed by atoms with Gasteiger partial charge in [0.2, 0.25) is 5.91 Å². The second-order valence-corrected chi connectivity index (χ2v) is 6.03. The molecule has 7 heteroatoms. The molecule has 0 spiro atoms. The zero-order chi connectivity index (χ0) is 16.8. The second-order valence-electron chi connectivity index (χ2n) is 6.03. The number of hydrogen-bond donors (Lipinski definition) is 3. The van der Waals surface area contributed by atoms with Gasteiger partial charge in [0.25, 0.3) is 0 Å². The monoisotopic (exact) mass is 358 g/mol. The number of aliphatic hydroxyl groups is 2. The van der Waals surface area contributed by atoms with Crippen LogP contribution in [0.5, 0.6) is 0 Å². The van der Waals surface area contributed by atoms with Crippen LogP contribution < -0.4 is 5.32 Å². The average molecular weight is 359 g/mol. The summed E-state index contributed by atoms with van der Waals surface area (Å²) in [6, 6.07) is 9.87. The molecule has 4 atom stereocenters. The van der Waals surface area contributed by atoms with Crippen LogP contribution in [0.3, 0.4) is 0 Å². The number of nitrogens with one attached hydrogen (secondary N) is 1. The first-order valence-corrected chi connectivity index (χ1v) is 7.96. The molecule has 1 aliphatic rings. The summed E-state index contributed by atoms with van der Waals surface area (Å²) in [4.78, 5) is 13.2. The summed E-state index contributed by atoms with van der Waals surface area (Å²) in [5, 5.41) is 22.5. The van der Waals surface area contributed by atoms with E-state index in [1.165, 1.54) is 12.5 Å².